The number of benzene rings is 2. The number of hydrogen-bond acceptors (Lipinski definition) is 10. The van der Waals surface area contributed by atoms with E-state index in [0.29, 0.717) is 41.4 Å². The fourth-order valence-corrected chi connectivity index (χ4v) is 5.68. The van der Waals surface area contributed by atoms with Crippen LogP contribution in [0.5, 0.6) is 0 Å². The van der Waals surface area contributed by atoms with Crippen molar-refractivity contribution in [2.45, 2.75) is 13.8 Å². The first-order valence-electron chi connectivity index (χ1n) is 14.2. The normalized spacial score (nSPS) is 10.6. The lowest BCUT2D eigenvalue weighted by molar-refractivity contribution is 0.0514. The van der Waals surface area contributed by atoms with Crippen LogP contribution in [0.3, 0.4) is 0 Å². The molecule has 0 aliphatic heterocycles. The number of nitrogens with zero attached hydrogens (tertiary/aromatic N) is 4. The van der Waals surface area contributed by atoms with Gasteiger partial charge in [-0.05, 0) is 71.6 Å². The second-order valence-electron chi connectivity index (χ2n) is 9.75. The maximum Gasteiger partial charge on any atom is 0.488 e. The van der Waals surface area contributed by atoms with Crippen molar-refractivity contribution < 1.29 is 29.1 Å². The summed E-state index contributed by atoms with van der Waals surface area (Å²) in [4.78, 5) is 55.4. The predicted molar refractivity (Wildman–Crippen MR) is 193 cm³/mol. The zero-order chi connectivity index (χ0) is 36.7. The molecular weight excluding hydrogens is 805 g/mol. The van der Waals surface area contributed by atoms with Gasteiger partial charge in [0, 0.05) is 38.0 Å². The number of esters is 2. The summed E-state index contributed by atoms with van der Waals surface area (Å²) in [7, 11) is -1.52. The van der Waals surface area contributed by atoms with E-state index < -0.39 is 29.9 Å². The Balaban J connectivity index is 0.000000181. The van der Waals surface area contributed by atoms with Crippen LogP contribution >= 0.6 is 62.3 Å². The molecule has 0 bridgehead atoms. The van der Waals surface area contributed by atoms with Crippen molar-refractivity contribution in [3.8, 4) is 11.3 Å². The molecule has 4 aromatic heterocycles. The van der Waals surface area contributed by atoms with Crippen molar-refractivity contribution in [2.75, 3.05) is 13.2 Å². The summed E-state index contributed by atoms with van der Waals surface area (Å²) in [5.74, 6) is -1.34. The van der Waals surface area contributed by atoms with Gasteiger partial charge in [-0.1, -0.05) is 46.4 Å². The maximum atomic E-state index is 12.4. The Morgan fingerprint density at radius 2 is 1.20 bits per heavy atom. The highest BCUT2D eigenvalue weighted by atomic mass is 79.9. The monoisotopic (exact) mass is 826 g/mol. The topological polar surface area (TPSA) is 193 Å². The van der Waals surface area contributed by atoms with Crippen LogP contribution in [0.2, 0.25) is 20.1 Å². The van der Waals surface area contributed by atoms with Gasteiger partial charge >= 0.3 is 19.1 Å². The van der Waals surface area contributed by atoms with E-state index in [0.717, 1.165) is 0 Å². The van der Waals surface area contributed by atoms with E-state index in [1.165, 1.54) is 52.0 Å². The van der Waals surface area contributed by atoms with Crippen LogP contribution in [0.4, 0.5) is 0 Å². The van der Waals surface area contributed by atoms with E-state index >= 15 is 0 Å². The molecule has 0 aliphatic carbocycles. The Bertz CT molecular complexity index is 2270. The van der Waals surface area contributed by atoms with Gasteiger partial charge in [-0.15, -0.1) is 0 Å². The number of aromatic amines is 2. The third-order valence-corrected chi connectivity index (χ3v) is 7.82. The molecule has 2 aromatic carbocycles. The molecule has 14 nitrogen and oxygen atoms in total. The summed E-state index contributed by atoms with van der Waals surface area (Å²) in [6.07, 6.45) is 5.58. The summed E-state index contributed by atoms with van der Waals surface area (Å²) in [5, 5.41) is 24.7. The second-order valence-corrected chi connectivity index (χ2v) is 12.3. The van der Waals surface area contributed by atoms with Gasteiger partial charge in [-0.3, -0.25) is 19.8 Å². The van der Waals surface area contributed by atoms with E-state index in [-0.39, 0.29) is 35.6 Å². The molecule has 0 saturated heterocycles. The number of hydrogen-bond donors (Lipinski definition) is 4. The van der Waals surface area contributed by atoms with Crippen molar-refractivity contribution in [2.24, 2.45) is 0 Å². The molecule has 260 valence electrons. The number of aromatic nitrogens is 6. The SMILES string of the molecule is CCOC(=O)c1c[nH]n2c(-c3cc(Cl)cc(Cl)c3)cnc2c1=O.CCOC(=O)c1c[nH]n2c(Br)cnc2c1=O.OB(O)c1cc(Cl)cc(Cl)c1. The smallest absolute Gasteiger partial charge is 0.462 e. The molecule has 0 unspecified atom stereocenters. The standard InChI is InChI=1S/C15H11Cl2N3O3.C9H8BrN3O3.C6H5BCl2O2/c1-2-23-15(22)11-6-19-20-12(7-18-14(20)13(11)21)8-3-9(16)5-10(17)4-8;1-2-16-9(15)5-3-12-13-6(10)4-11-8(13)7(5)14;8-5-1-4(7(10)11)2-6(9)3-5/h3-7,19H,2H2,1H3;3-4,12H,2H2,1H3;1-3,10-11H. The molecule has 0 spiro atoms. The molecule has 0 radical (unpaired) electrons. The lowest BCUT2D eigenvalue weighted by Gasteiger charge is -2.05. The number of ether oxygens (including phenoxy) is 2. The number of imidazole rings is 2. The van der Waals surface area contributed by atoms with Gasteiger partial charge in [-0.2, -0.15) is 0 Å². The van der Waals surface area contributed by atoms with Gasteiger partial charge < -0.3 is 19.5 Å². The van der Waals surface area contributed by atoms with E-state index in [9.17, 15) is 19.2 Å². The number of fused-ring (bicyclic) bond motifs is 2. The van der Waals surface area contributed by atoms with E-state index in [1.54, 1.807) is 32.0 Å². The quantitative estimate of drug-likeness (QED) is 0.134. The third kappa shape index (κ3) is 9.14. The van der Waals surface area contributed by atoms with E-state index in [1.807, 2.05) is 0 Å². The first kappa shape index (κ1) is 38.6. The number of rotatable bonds is 6. The van der Waals surface area contributed by atoms with Crippen molar-refractivity contribution in [3.63, 3.8) is 0 Å². The van der Waals surface area contributed by atoms with Gasteiger partial charge in [0.2, 0.25) is 22.2 Å². The predicted octanol–water partition coefficient (Wildman–Crippen LogP) is 4.81. The molecule has 0 atom stereocenters. The first-order chi connectivity index (χ1) is 23.7. The number of halogens is 5. The molecule has 6 rings (SSSR count). The van der Waals surface area contributed by atoms with Crippen molar-refractivity contribution in [1.29, 1.82) is 0 Å². The first-order valence-corrected chi connectivity index (χ1v) is 16.5. The van der Waals surface area contributed by atoms with Gasteiger partial charge in [0.1, 0.15) is 15.7 Å². The van der Waals surface area contributed by atoms with Crippen LogP contribution in [0.15, 0.2) is 75.4 Å². The van der Waals surface area contributed by atoms with Crippen molar-refractivity contribution >= 4 is 98.1 Å². The molecule has 4 heterocycles. The summed E-state index contributed by atoms with van der Waals surface area (Å²) in [5.41, 5.74) is 0.700. The lowest BCUT2D eigenvalue weighted by atomic mass is 9.80. The summed E-state index contributed by atoms with van der Waals surface area (Å²) in [6.45, 7) is 3.75. The van der Waals surface area contributed by atoms with Gasteiger partial charge in [0.05, 0.1) is 31.3 Å². The van der Waals surface area contributed by atoms with Crippen LogP contribution < -0.4 is 16.3 Å². The maximum absolute atomic E-state index is 12.4. The van der Waals surface area contributed by atoms with Crippen LogP contribution in [0.1, 0.15) is 34.6 Å². The number of carbonyl (C=O) groups excluding carboxylic acids is 2. The number of H-pyrrole nitrogens is 2. The molecule has 0 saturated carbocycles. The Kier molecular flexibility index (Phi) is 13.3. The third-order valence-electron chi connectivity index (χ3n) is 6.38. The van der Waals surface area contributed by atoms with Gasteiger partial charge in [-0.25, -0.2) is 28.6 Å². The molecule has 4 N–H and O–H groups in total. The molecule has 0 aliphatic rings. The minimum atomic E-state index is -1.52. The van der Waals surface area contributed by atoms with Crippen LogP contribution in [0.25, 0.3) is 22.6 Å². The average Bonchev–Trinajstić information content (AvgIpc) is 3.66. The molecule has 6 aromatic rings. The minimum absolute atomic E-state index is 0.0487. The minimum Gasteiger partial charge on any atom is -0.462 e. The summed E-state index contributed by atoms with van der Waals surface area (Å²) < 4.78 is 13.1. The highest BCUT2D eigenvalue weighted by molar-refractivity contribution is 9.10. The number of nitrogens with one attached hydrogen (secondary N) is 2. The Hall–Kier alpha value is -4.16. The van der Waals surface area contributed by atoms with E-state index in [4.69, 9.17) is 65.9 Å². The van der Waals surface area contributed by atoms with Crippen molar-refractivity contribution in [1.82, 2.24) is 29.2 Å². The van der Waals surface area contributed by atoms with Crippen molar-refractivity contribution in [3.05, 3.63) is 117 Å². The lowest BCUT2D eigenvalue weighted by Crippen LogP contribution is -2.29. The highest BCUT2D eigenvalue weighted by Gasteiger charge is 2.18. The van der Waals surface area contributed by atoms with Crippen LogP contribution in [-0.4, -0.2) is 71.5 Å². The van der Waals surface area contributed by atoms with Crippen LogP contribution in [0, 0.1) is 0 Å². The fourth-order valence-electron chi connectivity index (χ4n) is 4.24. The summed E-state index contributed by atoms with van der Waals surface area (Å²) >= 11 is 26.4. The molecule has 50 heavy (non-hydrogen) atoms. The molecule has 0 amide bonds. The Morgan fingerprint density at radius 1 is 0.760 bits per heavy atom. The molecule has 20 heteroatoms. The highest BCUT2D eigenvalue weighted by Crippen LogP contribution is 2.27. The Morgan fingerprint density at radius 3 is 1.68 bits per heavy atom. The fraction of sp³-hybridized carbons (Fsp3) is 0.133. The van der Waals surface area contributed by atoms with Gasteiger partial charge in [0.15, 0.2) is 0 Å². The summed E-state index contributed by atoms with van der Waals surface area (Å²) in [6, 6.07) is 9.42. The average molecular weight is 829 g/mol. The van der Waals surface area contributed by atoms with Crippen LogP contribution in [-0.2, 0) is 9.47 Å². The largest absolute Gasteiger partial charge is 0.488 e. The molecule has 0 fully saturated rings. The second kappa shape index (κ2) is 17.2. The van der Waals surface area contributed by atoms with Gasteiger partial charge in [0.25, 0.3) is 0 Å². The molecular formula is C30H24BBrCl4N6O8. The number of carbonyl (C=O) groups is 2. The zero-order valence-corrected chi connectivity index (χ0v) is 30.4. The van der Waals surface area contributed by atoms with E-state index in [2.05, 4.69) is 36.1 Å². The Labute approximate surface area is 310 Å². The zero-order valence-electron chi connectivity index (χ0n) is 25.8.